The van der Waals surface area contributed by atoms with E-state index in [9.17, 15) is 9.90 Å². The fourth-order valence-electron chi connectivity index (χ4n) is 7.57. The maximum atomic E-state index is 13.5. The molecule has 2 aliphatic rings. The summed E-state index contributed by atoms with van der Waals surface area (Å²) in [5.74, 6) is 1.11. The third kappa shape index (κ3) is 10.3. The summed E-state index contributed by atoms with van der Waals surface area (Å²) in [6, 6.07) is 21.7. The van der Waals surface area contributed by atoms with E-state index in [1.54, 1.807) is 19.1 Å². The molecule has 2 aliphatic heterocycles. The zero-order valence-electron chi connectivity index (χ0n) is 32.6. The van der Waals surface area contributed by atoms with Crippen LogP contribution in [0.4, 0.5) is 5.69 Å². The molecule has 10 nitrogen and oxygen atoms in total. The quantitative estimate of drug-likeness (QED) is 0.142. The molecule has 5 atom stereocenters. The van der Waals surface area contributed by atoms with E-state index in [0.717, 1.165) is 67.1 Å². The Balaban J connectivity index is 1.24. The molecule has 0 aliphatic carbocycles. The SMILES string of the molecule is CC[C@H](C)[C@H](N)C(=O)N1C[C@@H](O)[C@H](c2ccc(OCCCOCc3ccccc3OC)cc2)[C@@H](OCc2ccc3c(c2)N(CCCOC)CC3(C)C)C1. The third-order valence-electron chi connectivity index (χ3n) is 10.9. The predicted molar refractivity (Wildman–Crippen MR) is 209 cm³/mol. The van der Waals surface area contributed by atoms with Crippen LogP contribution in [0.15, 0.2) is 66.7 Å². The molecule has 53 heavy (non-hydrogen) atoms. The van der Waals surface area contributed by atoms with Gasteiger partial charge in [-0.25, -0.2) is 0 Å². The number of carbonyl (C=O) groups is 1. The van der Waals surface area contributed by atoms with Crippen molar-refractivity contribution in [1.82, 2.24) is 4.90 Å². The zero-order chi connectivity index (χ0) is 38.0. The van der Waals surface area contributed by atoms with E-state index in [2.05, 4.69) is 36.9 Å². The number of nitrogens with zero attached hydrogens (tertiary/aromatic N) is 2. The summed E-state index contributed by atoms with van der Waals surface area (Å²) >= 11 is 0. The summed E-state index contributed by atoms with van der Waals surface area (Å²) in [5, 5.41) is 11.6. The van der Waals surface area contributed by atoms with Crippen molar-refractivity contribution in [2.75, 3.05) is 65.1 Å². The highest BCUT2D eigenvalue weighted by atomic mass is 16.5. The second-order valence-corrected chi connectivity index (χ2v) is 15.2. The van der Waals surface area contributed by atoms with Gasteiger partial charge >= 0.3 is 0 Å². The molecule has 0 unspecified atom stereocenters. The number of hydrogen-bond acceptors (Lipinski definition) is 9. The monoisotopic (exact) mass is 731 g/mol. The lowest BCUT2D eigenvalue weighted by molar-refractivity contribution is -0.144. The van der Waals surface area contributed by atoms with Gasteiger partial charge in [0, 0.05) is 68.9 Å². The number of nitrogens with two attached hydrogens (primary N) is 1. The fourth-order valence-corrected chi connectivity index (χ4v) is 7.57. The number of rotatable bonds is 19. The van der Waals surface area contributed by atoms with Gasteiger partial charge in [0.2, 0.25) is 5.91 Å². The average Bonchev–Trinajstić information content (AvgIpc) is 3.42. The Hall–Kier alpha value is -3.67. The van der Waals surface area contributed by atoms with Gasteiger partial charge < -0.3 is 44.3 Å². The van der Waals surface area contributed by atoms with Crippen LogP contribution in [-0.2, 0) is 37.6 Å². The van der Waals surface area contributed by atoms with Crippen LogP contribution in [-0.4, -0.2) is 94.4 Å². The minimum Gasteiger partial charge on any atom is -0.496 e. The lowest BCUT2D eigenvalue weighted by Crippen LogP contribution is -2.57. The standard InChI is InChI=1S/C43H61N3O7/c1-7-30(2)41(44)42(48)46-25-37(47)40(32-15-17-34(18-16-32)52-23-11-22-51-28-33-12-8-9-13-38(33)50-6)39(26-46)53-27-31-14-19-35-36(24-31)45(20-10-21-49-5)29-43(35,3)4/h8-9,12-19,24,30,37,39-41,47H,7,10-11,20-23,25-29,44H2,1-6H3/t30-,37+,39-,40-,41-/m0/s1. The van der Waals surface area contributed by atoms with E-state index in [1.165, 1.54) is 11.3 Å². The number of ether oxygens (including phenoxy) is 5. The lowest BCUT2D eigenvalue weighted by Gasteiger charge is -2.43. The molecular weight excluding hydrogens is 670 g/mol. The highest BCUT2D eigenvalue weighted by molar-refractivity contribution is 5.82. The number of β-amino-alcohol motifs (C(OH)–C–C–N with tert-alkyl or cyclic N) is 1. The molecule has 3 aromatic carbocycles. The number of anilines is 1. The van der Waals surface area contributed by atoms with E-state index < -0.39 is 18.2 Å². The smallest absolute Gasteiger partial charge is 0.239 e. The van der Waals surface area contributed by atoms with Crippen molar-refractivity contribution >= 4 is 11.6 Å². The molecule has 1 saturated heterocycles. The first-order valence-electron chi connectivity index (χ1n) is 19.2. The van der Waals surface area contributed by atoms with Gasteiger partial charge in [-0.3, -0.25) is 4.79 Å². The van der Waals surface area contributed by atoms with Gasteiger partial charge in [-0.1, -0.05) is 76.6 Å². The molecule has 1 fully saturated rings. The Bertz CT molecular complexity index is 1600. The van der Waals surface area contributed by atoms with Crippen LogP contribution in [0, 0.1) is 5.92 Å². The summed E-state index contributed by atoms with van der Waals surface area (Å²) in [5.41, 5.74) is 12.0. The number of aliphatic hydroxyl groups is 1. The van der Waals surface area contributed by atoms with Crippen LogP contribution in [0.2, 0.25) is 0 Å². The maximum absolute atomic E-state index is 13.5. The van der Waals surface area contributed by atoms with Crippen molar-refractivity contribution in [1.29, 1.82) is 0 Å². The second-order valence-electron chi connectivity index (χ2n) is 15.2. The number of carbonyl (C=O) groups excluding carboxylic acids is 1. The predicted octanol–water partition coefficient (Wildman–Crippen LogP) is 6.06. The maximum Gasteiger partial charge on any atom is 0.239 e. The van der Waals surface area contributed by atoms with Gasteiger partial charge in [-0.05, 0) is 53.3 Å². The van der Waals surface area contributed by atoms with Crippen molar-refractivity contribution < 1.29 is 33.6 Å². The summed E-state index contributed by atoms with van der Waals surface area (Å²) in [6.07, 6.45) is 1.23. The molecule has 1 amide bonds. The molecule has 290 valence electrons. The summed E-state index contributed by atoms with van der Waals surface area (Å²) in [4.78, 5) is 17.7. The first-order chi connectivity index (χ1) is 25.6. The lowest BCUT2D eigenvalue weighted by atomic mass is 9.84. The molecule has 0 aromatic heterocycles. The number of methoxy groups -OCH3 is 2. The van der Waals surface area contributed by atoms with E-state index in [-0.39, 0.29) is 29.7 Å². The van der Waals surface area contributed by atoms with Gasteiger partial charge in [-0.15, -0.1) is 0 Å². The van der Waals surface area contributed by atoms with Crippen LogP contribution in [0.3, 0.4) is 0 Å². The van der Waals surface area contributed by atoms with E-state index >= 15 is 0 Å². The molecular formula is C43H61N3O7. The zero-order valence-corrected chi connectivity index (χ0v) is 32.6. The van der Waals surface area contributed by atoms with E-state index in [1.807, 2.05) is 62.4 Å². The average molecular weight is 732 g/mol. The Labute approximate surface area is 316 Å². The first kappa shape index (κ1) is 40.5. The molecule has 3 aromatic rings. The number of likely N-dealkylation sites (tertiary alicyclic amines) is 1. The highest BCUT2D eigenvalue weighted by Gasteiger charge is 2.41. The van der Waals surface area contributed by atoms with Gasteiger partial charge in [0.05, 0.1) is 51.8 Å². The summed E-state index contributed by atoms with van der Waals surface area (Å²) in [7, 11) is 3.40. The molecule has 0 saturated carbocycles. The van der Waals surface area contributed by atoms with Crippen LogP contribution in [0.25, 0.3) is 0 Å². The van der Waals surface area contributed by atoms with E-state index in [0.29, 0.717) is 33.0 Å². The van der Waals surface area contributed by atoms with Gasteiger partial charge in [0.1, 0.15) is 11.5 Å². The van der Waals surface area contributed by atoms with Crippen LogP contribution >= 0.6 is 0 Å². The number of hydrogen-bond donors (Lipinski definition) is 2. The van der Waals surface area contributed by atoms with Crippen molar-refractivity contribution in [3.8, 4) is 11.5 Å². The summed E-state index contributed by atoms with van der Waals surface area (Å²) in [6.45, 7) is 13.7. The summed E-state index contributed by atoms with van der Waals surface area (Å²) < 4.78 is 29.3. The van der Waals surface area contributed by atoms with Gasteiger partial charge in [0.25, 0.3) is 0 Å². The second kappa shape index (κ2) is 19.1. The Kier molecular flexibility index (Phi) is 14.6. The molecule has 0 radical (unpaired) electrons. The van der Waals surface area contributed by atoms with Crippen molar-refractivity contribution in [2.24, 2.45) is 11.7 Å². The van der Waals surface area contributed by atoms with Crippen LogP contribution in [0.5, 0.6) is 11.5 Å². The van der Waals surface area contributed by atoms with E-state index in [4.69, 9.17) is 29.4 Å². The first-order valence-corrected chi connectivity index (χ1v) is 19.2. The minimum absolute atomic E-state index is 0.0331. The Morgan fingerprint density at radius 2 is 1.75 bits per heavy atom. The van der Waals surface area contributed by atoms with Gasteiger partial charge in [-0.2, -0.15) is 0 Å². The normalized spacial score (nSPS) is 20.6. The molecule has 10 heteroatoms. The van der Waals surface area contributed by atoms with Crippen molar-refractivity contribution in [3.63, 3.8) is 0 Å². The largest absolute Gasteiger partial charge is 0.496 e. The van der Waals surface area contributed by atoms with Crippen molar-refractivity contribution in [2.45, 2.75) is 89.8 Å². The van der Waals surface area contributed by atoms with Crippen LogP contribution < -0.4 is 20.1 Å². The van der Waals surface area contributed by atoms with Crippen LogP contribution in [0.1, 0.15) is 75.1 Å². The molecule has 0 spiro atoms. The molecule has 5 rings (SSSR count). The number of fused-ring (bicyclic) bond motifs is 1. The number of para-hydroxylation sites is 1. The molecule has 3 N–H and O–H groups in total. The fraction of sp³-hybridized carbons (Fsp3) is 0.558. The number of piperidine rings is 1. The highest BCUT2D eigenvalue weighted by Crippen LogP contribution is 2.41. The topological polar surface area (TPSA) is 116 Å². The number of aliphatic hydroxyl groups excluding tert-OH is 1. The minimum atomic E-state index is -0.828. The van der Waals surface area contributed by atoms with Crippen molar-refractivity contribution in [3.05, 3.63) is 89.0 Å². The Morgan fingerprint density at radius 1 is 0.981 bits per heavy atom. The number of amides is 1. The molecule has 2 heterocycles. The Morgan fingerprint density at radius 3 is 2.49 bits per heavy atom. The van der Waals surface area contributed by atoms with Gasteiger partial charge in [0.15, 0.2) is 0 Å². The number of benzene rings is 3. The molecule has 0 bridgehead atoms. The third-order valence-corrected chi connectivity index (χ3v) is 10.9.